The summed E-state index contributed by atoms with van der Waals surface area (Å²) < 4.78 is 0. The van der Waals surface area contributed by atoms with Crippen LogP contribution in [0, 0.1) is 5.92 Å². The lowest BCUT2D eigenvalue weighted by Crippen LogP contribution is -2.36. The summed E-state index contributed by atoms with van der Waals surface area (Å²) in [6.07, 6.45) is 4.22. The van der Waals surface area contributed by atoms with Gasteiger partial charge < -0.3 is 16.2 Å². The third-order valence-corrected chi connectivity index (χ3v) is 3.57. The van der Waals surface area contributed by atoms with E-state index in [4.69, 9.17) is 5.73 Å². The van der Waals surface area contributed by atoms with Gasteiger partial charge in [0, 0.05) is 5.92 Å². The number of phenolic OH excluding ortho intramolecular Hbond substituents is 1. The van der Waals surface area contributed by atoms with Gasteiger partial charge in [-0.1, -0.05) is 18.2 Å². The van der Waals surface area contributed by atoms with Crippen LogP contribution in [0.5, 0.6) is 5.75 Å². The summed E-state index contributed by atoms with van der Waals surface area (Å²) >= 11 is 0. The number of nitrogens with two attached hydrogens (primary N) is 1. The van der Waals surface area contributed by atoms with Gasteiger partial charge in [0.25, 0.3) is 0 Å². The average molecular weight is 232 g/mol. The maximum atomic E-state index is 9.28. The van der Waals surface area contributed by atoms with Crippen LogP contribution in [0.15, 0.2) is 36.9 Å². The van der Waals surface area contributed by atoms with Crippen LogP contribution >= 0.6 is 0 Å². The van der Waals surface area contributed by atoms with Crippen LogP contribution in [0.1, 0.15) is 24.3 Å². The lowest BCUT2D eigenvalue weighted by atomic mass is 9.87. The van der Waals surface area contributed by atoms with E-state index in [1.165, 1.54) is 5.56 Å². The van der Waals surface area contributed by atoms with Crippen molar-refractivity contribution < 1.29 is 5.11 Å². The van der Waals surface area contributed by atoms with Gasteiger partial charge in [-0.25, -0.2) is 0 Å². The smallest absolute Gasteiger partial charge is 0.115 e. The summed E-state index contributed by atoms with van der Waals surface area (Å²) in [6.45, 7) is 4.91. The van der Waals surface area contributed by atoms with Gasteiger partial charge in [0.15, 0.2) is 0 Å². The van der Waals surface area contributed by atoms with E-state index in [9.17, 15) is 5.11 Å². The van der Waals surface area contributed by atoms with E-state index in [0.717, 1.165) is 19.4 Å². The minimum absolute atomic E-state index is 0.106. The highest BCUT2D eigenvalue weighted by molar-refractivity contribution is 5.30. The number of rotatable bonds is 4. The zero-order chi connectivity index (χ0) is 12.3. The van der Waals surface area contributed by atoms with Crippen molar-refractivity contribution in [1.29, 1.82) is 0 Å². The Morgan fingerprint density at radius 2 is 2.18 bits per heavy atom. The van der Waals surface area contributed by atoms with Crippen molar-refractivity contribution in [3.63, 3.8) is 0 Å². The highest BCUT2D eigenvalue weighted by Crippen LogP contribution is 2.30. The second kappa shape index (κ2) is 5.34. The summed E-state index contributed by atoms with van der Waals surface area (Å²) in [7, 11) is 0. The van der Waals surface area contributed by atoms with Crippen LogP contribution in [-0.2, 0) is 0 Å². The zero-order valence-corrected chi connectivity index (χ0v) is 9.97. The van der Waals surface area contributed by atoms with Crippen LogP contribution in [0.25, 0.3) is 0 Å². The molecular weight excluding hydrogens is 212 g/mol. The molecule has 0 aliphatic carbocycles. The standard InChI is InChI=1S/C14H20N2O/c1-2-10(9-12-7-8-16-14(12)15)11-3-5-13(17)6-4-11/h2-6,10,12,14,16-17H,1,7-9,15H2. The van der Waals surface area contributed by atoms with Crippen molar-refractivity contribution in [1.82, 2.24) is 5.32 Å². The Morgan fingerprint density at radius 3 is 2.71 bits per heavy atom. The van der Waals surface area contributed by atoms with Crippen molar-refractivity contribution in [2.24, 2.45) is 11.7 Å². The second-order valence-electron chi connectivity index (χ2n) is 4.70. The summed E-state index contributed by atoms with van der Waals surface area (Å²) in [4.78, 5) is 0. The topological polar surface area (TPSA) is 58.3 Å². The first-order chi connectivity index (χ1) is 8.20. The van der Waals surface area contributed by atoms with Crippen LogP contribution in [0.4, 0.5) is 0 Å². The average Bonchev–Trinajstić information content (AvgIpc) is 2.73. The maximum Gasteiger partial charge on any atom is 0.115 e. The highest BCUT2D eigenvalue weighted by Gasteiger charge is 2.25. The Bertz CT molecular complexity index is 374. The normalized spacial score (nSPS) is 25.7. The van der Waals surface area contributed by atoms with E-state index in [2.05, 4.69) is 11.9 Å². The molecule has 2 rings (SSSR count). The Kier molecular flexibility index (Phi) is 3.82. The molecule has 0 spiro atoms. The molecule has 1 saturated heterocycles. The maximum absolute atomic E-state index is 9.28. The molecule has 1 aliphatic heterocycles. The Balaban J connectivity index is 2.05. The van der Waals surface area contributed by atoms with Gasteiger partial charge in [0.1, 0.15) is 5.75 Å². The molecule has 0 saturated carbocycles. The molecule has 0 bridgehead atoms. The molecule has 1 aliphatic rings. The molecule has 0 aromatic heterocycles. The first kappa shape index (κ1) is 12.1. The molecular formula is C14H20N2O. The number of nitrogens with one attached hydrogen (secondary N) is 1. The predicted octanol–water partition coefficient (Wildman–Crippen LogP) is 1.95. The Labute approximate surface area is 102 Å². The lowest BCUT2D eigenvalue weighted by Gasteiger charge is -2.20. The van der Waals surface area contributed by atoms with Crippen molar-refractivity contribution in [3.05, 3.63) is 42.5 Å². The first-order valence-electron chi connectivity index (χ1n) is 6.11. The van der Waals surface area contributed by atoms with Gasteiger partial charge in [-0.05, 0) is 43.0 Å². The number of allylic oxidation sites excluding steroid dienone is 1. The number of hydrogen-bond donors (Lipinski definition) is 3. The number of phenols is 1. The summed E-state index contributed by atoms with van der Waals surface area (Å²) in [5.74, 6) is 1.12. The Hall–Kier alpha value is -1.32. The minimum atomic E-state index is 0.106. The van der Waals surface area contributed by atoms with E-state index in [0.29, 0.717) is 17.6 Å². The first-order valence-corrected chi connectivity index (χ1v) is 6.11. The van der Waals surface area contributed by atoms with E-state index in [-0.39, 0.29) is 6.17 Å². The summed E-state index contributed by atoms with van der Waals surface area (Å²) in [6, 6.07) is 7.35. The highest BCUT2D eigenvalue weighted by atomic mass is 16.3. The van der Waals surface area contributed by atoms with E-state index in [1.54, 1.807) is 12.1 Å². The largest absolute Gasteiger partial charge is 0.508 e. The van der Waals surface area contributed by atoms with Gasteiger partial charge in [0.2, 0.25) is 0 Å². The molecule has 3 nitrogen and oxygen atoms in total. The zero-order valence-electron chi connectivity index (χ0n) is 9.97. The fraction of sp³-hybridized carbons (Fsp3) is 0.429. The van der Waals surface area contributed by atoms with Crippen molar-refractivity contribution in [2.45, 2.75) is 24.9 Å². The monoisotopic (exact) mass is 232 g/mol. The van der Waals surface area contributed by atoms with Crippen LogP contribution in [-0.4, -0.2) is 17.8 Å². The molecule has 3 atom stereocenters. The molecule has 92 valence electrons. The van der Waals surface area contributed by atoms with Crippen molar-refractivity contribution in [3.8, 4) is 5.75 Å². The lowest BCUT2D eigenvalue weighted by molar-refractivity contribution is 0.413. The third kappa shape index (κ3) is 2.87. The third-order valence-electron chi connectivity index (χ3n) is 3.57. The molecule has 3 heteroatoms. The molecule has 3 unspecified atom stereocenters. The second-order valence-corrected chi connectivity index (χ2v) is 4.70. The molecule has 1 aromatic rings. The molecule has 1 fully saturated rings. The van der Waals surface area contributed by atoms with Gasteiger partial charge in [-0.2, -0.15) is 0 Å². The van der Waals surface area contributed by atoms with Crippen molar-refractivity contribution in [2.75, 3.05) is 6.54 Å². The molecule has 1 heterocycles. The summed E-state index contributed by atoms with van der Waals surface area (Å²) in [5, 5.41) is 12.5. The van der Waals surface area contributed by atoms with E-state index in [1.807, 2.05) is 18.2 Å². The number of aromatic hydroxyl groups is 1. The minimum Gasteiger partial charge on any atom is -0.508 e. The van der Waals surface area contributed by atoms with Crippen molar-refractivity contribution >= 4 is 0 Å². The van der Waals surface area contributed by atoms with Gasteiger partial charge in [-0.15, -0.1) is 6.58 Å². The number of hydrogen-bond acceptors (Lipinski definition) is 3. The van der Waals surface area contributed by atoms with Gasteiger partial charge >= 0.3 is 0 Å². The van der Waals surface area contributed by atoms with Crippen LogP contribution in [0.3, 0.4) is 0 Å². The van der Waals surface area contributed by atoms with Gasteiger partial charge in [-0.3, -0.25) is 0 Å². The van der Waals surface area contributed by atoms with Gasteiger partial charge in [0.05, 0.1) is 6.17 Å². The van der Waals surface area contributed by atoms with E-state index < -0.39 is 0 Å². The fourth-order valence-electron chi connectivity index (χ4n) is 2.46. The quantitative estimate of drug-likeness (QED) is 0.695. The molecule has 17 heavy (non-hydrogen) atoms. The molecule has 1 aromatic carbocycles. The Morgan fingerprint density at radius 1 is 1.47 bits per heavy atom. The van der Waals surface area contributed by atoms with E-state index >= 15 is 0 Å². The molecule has 0 radical (unpaired) electrons. The molecule has 4 N–H and O–H groups in total. The molecule has 0 amide bonds. The SMILES string of the molecule is C=CC(CC1CCNC1N)c1ccc(O)cc1. The van der Waals surface area contributed by atoms with Crippen LogP contribution < -0.4 is 11.1 Å². The predicted molar refractivity (Wildman–Crippen MR) is 69.7 cm³/mol. The van der Waals surface area contributed by atoms with Crippen LogP contribution in [0.2, 0.25) is 0 Å². The number of benzene rings is 1. The fourth-order valence-corrected chi connectivity index (χ4v) is 2.46. The summed E-state index contributed by atoms with van der Waals surface area (Å²) in [5.41, 5.74) is 7.19.